The molecule has 1 amide bonds. The number of nitrogens with zero attached hydrogens (tertiary/aromatic N) is 2. The summed E-state index contributed by atoms with van der Waals surface area (Å²) in [6.07, 6.45) is 1.94. The standard InChI is InChI=1S/C16H20N2OS/c1-5-18-10-11-20-15(18)17-14(19)12-6-8-13(9-7-12)16(2,3)4/h6-11H,5H2,1-4H3. The second-order valence-electron chi connectivity index (χ2n) is 5.72. The highest BCUT2D eigenvalue weighted by Crippen LogP contribution is 2.22. The number of rotatable bonds is 2. The third-order valence-electron chi connectivity index (χ3n) is 3.20. The molecule has 0 aliphatic rings. The van der Waals surface area contributed by atoms with Gasteiger partial charge in [-0.05, 0) is 30.0 Å². The highest BCUT2D eigenvalue weighted by atomic mass is 32.1. The van der Waals surface area contributed by atoms with E-state index in [1.54, 1.807) is 0 Å². The van der Waals surface area contributed by atoms with E-state index in [4.69, 9.17) is 0 Å². The SMILES string of the molecule is CCn1ccsc1=NC(=O)c1ccc(C(C)(C)C)cc1. The van der Waals surface area contributed by atoms with Crippen LogP contribution in [0.3, 0.4) is 0 Å². The summed E-state index contributed by atoms with van der Waals surface area (Å²) in [7, 11) is 0. The molecular formula is C16H20N2OS. The number of benzene rings is 1. The summed E-state index contributed by atoms with van der Waals surface area (Å²) in [5, 5.41) is 1.94. The number of hydrogen-bond donors (Lipinski definition) is 0. The number of amides is 1. The van der Waals surface area contributed by atoms with Gasteiger partial charge in [-0.3, -0.25) is 4.79 Å². The summed E-state index contributed by atoms with van der Waals surface area (Å²) in [4.78, 5) is 17.1. The molecule has 0 radical (unpaired) electrons. The lowest BCUT2D eigenvalue weighted by atomic mass is 9.87. The minimum Gasteiger partial charge on any atom is -0.324 e. The van der Waals surface area contributed by atoms with E-state index in [-0.39, 0.29) is 11.3 Å². The Bertz CT molecular complexity index is 657. The van der Waals surface area contributed by atoms with E-state index in [0.717, 1.165) is 11.3 Å². The van der Waals surface area contributed by atoms with Gasteiger partial charge in [0.15, 0.2) is 4.80 Å². The van der Waals surface area contributed by atoms with Gasteiger partial charge in [0.05, 0.1) is 0 Å². The van der Waals surface area contributed by atoms with Crippen LogP contribution in [0, 0.1) is 0 Å². The zero-order valence-electron chi connectivity index (χ0n) is 12.4. The van der Waals surface area contributed by atoms with Gasteiger partial charge < -0.3 is 4.57 Å². The van der Waals surface area contributed by atoms with Crippen molar-refractivity contribution in [1.82, 2.24) is 4.57 Å². The van der Waals surface area contributed by atoms with Crippen LogP contribution in [0.1, 0.15) is 43.6 Å². The van der Waals surface area contributed by atoms with Crippen molar-refractivity contribution in [1.29, 1.82) is 0 Å². The predicted octanol–water partition coefficient (Wildman–Crippen LogP) is 3.61. The molecule has 0 aliphatic carbocycles. The highest BCUT2D eigenvalue weighted by Gasteiger charge is 2.14. The van der Waals surface area contributed by atoms with Crippen LogP contribution in [0.2, 0.25) is 0 Å². The summed E-state index contributed by atoms with van der Waals surface area (Å²) in [5.74, 6) is -0.185. The molecule has 1 heterocycles. The van der Waals surface area contributed by atoms with E-state index in [1.165, 1.54) is 16.9 Å². The number of aryl methyl sites for hydroxylation is 1. The lowest BCUT2D eigenvalue weighted by Crippen LogP contribution is -2.15. The number of carbonyl (C=O) groups excluding carboxylic acids is 1. The topological polar surface area (TPSA) is 34.4 Å². The van der Waals surface area contributed by atoms with Crippen molar-refractivity contribution in [3.8, 4) is 0 Å². The number of thiazole rings is 1. The second-order valence-corrected chi connectivity index (χ2v) is 6.59. The molecule has 3 nitrogen and oxygen atoms in total. The lowest BCUT2D eigenvalue weighted by Gasteiger charge is -2.18. The highest BCUT2D eigenvalue weighted by molar-refractivity contribution is 7.07. The van der Waals surface area contributed by atoms with Gasteiger partial charge in [-0.1, -0.05) is 32.9 Å². The van der Waals surface area contributed by atoms with Crippen LogP contribution >= 0.6 is 11.3 Å². The summed E-state index contributed by atoms with van der Waals surface area (Å²) < 4.78 is 1.96. The van der Waals surface area contributed by atoms with Crippen LogP contribution in [0.4, 0.5) is 0 Å². The Morgan fingerprint density at radius 1 is 1.25 bits per heavy atom. The van der Waals surface area contributed by atoms with Gasteiger partial charge in [0, 0.05) is 23.7 Å². The van der Waals surface area contributed by atoms with Crippen molar-refractivity contribution >= 4 is 17.2 Å². The van der Waals surface area contributed by atoms with Crippen LogP contribution in [-0.4, -0.2) is 10.5 Å². The van der Waals surface area contributed by atoms with Crippen molar-refractivity contribution < 1.29 is 4.79 Å². The fourth-order valence-corrected chi connectivity index (χ4v) is 2.68. The first-order valence-corrected chi connectivity index (χ1v) is 7.63. The first-order valence-electron chi connectivity index (χ1n) is 6.75. The molecule has 106 valence electrons. The maximum Gasteiger partial charge on any atom is 0.279 e. The van der Waals surface area contributed by atoms with Crippen LogP contribution in [-0.2, 0) is 12.0 Å². The molecular weight excluding hydrogens is 268 g/mol. The number of carbonyl (C=O) groups is 1. The molecule has 0 saturated heterocycles. The second kappa shape index (κ2) is 5.75. The molecule has 1 aromatic carbocycles. The van der Waals surface area contributed by atoms with Crippen LogP contribution < -0.4 is 4.80 Å². The normalized spacial score (nSPS) is 12.7. The van der Waals surface area contributed by atoms with Crippen LogP contribution in [0.25, 0.3) is 0 Å². The quantitative estimate of drug-likeness (QED) is 0.831. The Kier molecular flexibility index (Phi) is 4.23. The molecule has 4 heteroatoms. The third-order valence-corrected chi connectivity index (χ3v) is 3.99. The molecule has 0 N–H and O–H groups in total. The van der Waals surface area contributed by atoms with Crippen molar-refractivity contribution in [3.63, 3.8) is 0 Å². The van der Waals surface area contributed by atoms with E-state index in [9.17, 15) is 4.79 Å². The van der Waals surface area contributed by atoms with Gasteiger partial charge in [-0.25, -0.2) is 0 Å². The minimum atomic E-state index is -0.185. The molecule has 0 bridgehead atoms. The summed E-state index contributed by atoms with van der Waals surface area (Å²) in [6, 6.07) is 7.72. The Balaban J connectivity index is 2.29. The number of hydrogen-bond acceptors (Lipinski definition) is 2. The molecule has 2 aromatic rings. The zero-order valence-corrected chi connectivity index (χ0v) is 13.2. The van der Waals surface area contributed by atoms with E-state index < -0.39 is 0 Å². The molecule has 1 aromatic heterocycles. The van der Waals surface area contributed by atoms with Crippen molar-refractivity contribution in [3.05, 3.63) is 51.8 Å². The average molecular weight is 288 g/mol. The Hall–Kier alpha value is -1.68. The number of aromatic nitrogens is 1. The first-order chi connectivity index (χ1) is 9.41. The molecule has 0 saturated carbocycles. The molecule has 0 fully saturated rings. The predicted molar refractivity (Wildman–Crippen MR) is 83.0 cm³/mol. The van der Waals surface area contributed by atoms with E-state index >= 15 is 0 Å². The molecule has 0 unspecified atom stereocenters. The Labute approximate surface area is 123 Å². The van der Waals surface area contributed by atoms with Crippen molar-refractivity contribution in [2.45, 2.75) is 39.7 Å². The maximum absolute atomic E-state index is 12.2. The van der Waals surface area contributed by atoms with E-state index in [2.05, 4.69) is 25.8 Å². The van der Waals surface area contributed by atoms with E-state index in [0.29, 0.717) is 5.56 Å². The summed E-state index contributed by atoms with van der Waals surface area (Å²) in [5.41, 5.74) is 1.94. The van der Waals surface area contributed by atoms with Gasteiger partial charge in [-0.15, -0.1) is 11.3 Å². The van der Waals surface area contributed by atoms with E-state index in [1.807, 2.05) is 47.3 Å². The van der Waals surface area contributed by atoms with Crippen LogP contribution in [0.15, 0.2) is 40.8 Å². The first kappa shape index (κ1) is 14.7. The smallest absolute Gasteiger partial charge is 0.279 e. The monoisotopic (exact) mass is 288 g/mol. The Morgan fingerprint density at radius 2 is 1.90 bits per heavy atom. The molecule has 0 spiro atoms. The average Bonchev–Trinajstić information content (AvgIpc) is 2.85. The minimum absolute atomic E-state index is 0.0949. The van der Waals surface area contributed by atoms with Crippen LogP contribution in [0.5, 0.6) is 0 Å². The van der Waals surface area contributed by atoms with Gasteiger partial charge in [0.25, 0.3) is 5.91 Å². The van der Waals surface area contributed by atoms with Gasteiger partial charge in [0.2, 0.25) is 0 Å². The fraction of sp³-hybridized carbons (Fsp3) is 0.375. The largest absolute Gasteiger partial charge is 0.324 e. The molecule has 0 aliphatic heterocycles. The lowest BCUT2D eigenvalue weighted by molar-refractivity contribution is 0.0997. The van der Waals surface area contributed by atoms with Crippen molar-refractivity contribution in [2.24, 2.45) is 4.99 Å². The zero-order chi connectivity index (χ0) is 14.8. The fourth-order valence-electron chi connectivity index (χ4n) is 1.89. The maximum atomic E-state index is 12.2. The third kappa shape index (κ3) is 3.25. The van der Waals surface area contributed by atoms with Gasteiger partial charge in [-0.2, -0.15) is 4.99 Å². The molecule has 2 rings (SSSR count). The summed E-state index contributed by atoms with van der Waals surface area (Å²) in [6.45, 7) is 9.32. The van der Waals surface area contributed by atoms with Gasteiger partial charge in [0.1, 0.15) is 0 Å². The summed E-state index contributed by atoms with van der Waals surface area (Å²) >= 11 is 1.48. The molecule has 0 atom stereocenters. The van der Waals surface area contributed by atoms with Crippen molar-refractivity contribution in [2.75, 3.05) is 0 Å². The molecule has 20 heavy (non-hydrogen) atoms. The van der Waals surface area contributed by atoms with Gasteiger partial charge >= 0.3 is 0 Å². The Morgan fingerprint density at radius 3 is 2.45 bits per heavy atom.